The second-order valence-electron chi connectivity index (χ2n) is 5.29. The van der Waals surface area contributed by atoms with Crippen molar-refractivity contribution in [1.82, 2.24) is 5.32 Å². The van der Waals surface area contributed by atoms with Gasteiger partial charge in [-0.1, -0.05) is 6.92 Å². The molecular weight excluding hydrogens is 257 g/mol. The Hall–Kier alpha value is -1.72. The lowest BCUT2D eigenvalue weighted by atomic mass is 10.1. The predicted octanol–water partition coefficient (Wildman–Crippen LogP) is 2.82. The number of nitrogen functional groups attached to an aromatic ring is 1. The van der Waals surface area contributed by atoms with Crippen LogP contribution in [0, 0.1) is 5.41 Å². The van der Waals surface area contributed by atoms with Crippen LogP contribution in [0.4, 0.5) is 18.9 Å². The third kappa shape index (κ3) is 3.19. The van der Waals surface area contributed by atoms with Gasteiger partial charge in [0.25, 0.3) is 5.91 Å². The van der Waals surface area contributed by atoms with Gasteiger partial charge in [0.2, 0.25) is 0 Å². The van der Waals surface area contributed by atoms with Crippen LogP contribution in [-0.4, -0.2) is 12.5 Å². The third-order valence-electron chi connectivity index (χ3n) is 3.40. The number of nitrogens with one attached hydrogen (secondary N) is 1. The Kier molecular flexibility index (Phi) is 3.20. The van der Waals surface area contributed by atoms with E-state index in [9.17, 15) is 18.0 Å². The summed E-state index contributed by atoms with van der Waals surface area (Å²) in [7, 11) is 0. The molecule has 104 valence electrons. The van der Waals surface area contributed by atoms with E-state index in [1.54, 1.807) is 0 Å². The summed E-state index contributed by atoms with van der Waals surface area (Å²) in [6, 6.07) is 3.20. The first-order chi connectivity index (χ1) is 8.71. The van der Waals surface area contributed by atoms with Gasteiger partial charge in [0.05, 0.1) is 5.56 Å². The number of hydrogen-bond donors (Lipinski definition) is 2. The molecule has 0 saturated heterocycles. The van der Waals surface area contributed by atoms with E-state index in [1.165, 1.54) is 6.07 Å². The minimum atomic E-state index is -4.55. The van der Waals surface area contributed by atoms with Crippen molar-refractivity contribution in [2.24, 2.45) is 5.41 Å². The number of carbonyl (C=O) groups excluding carboxylic acids is 1. The Morgan fingerprint density at radius 3 is 2.58 bits per heavy atom. The average molecular weight is 272 g/mol. The van der Waals surface area contributed by atoms with Crippen molar-refractivity contribution in [2.45, 2.75) is 25.9 Å². The van der Waals surface area contributed by atoms with Gasteiger partial charge in [-0.3, -0.25) is 4.79 Å². The first-order valence-corrected chi connectivity index (χ1v) is 5.96. The molecule has 0 heterocycles. The zero-order chi connectivity index (χ0) is 14.3. The van der Waals surface area contributed by atoms with E-state index >= 15 is 0 Å². The molecule has 0 radical (unpaired) electrons. The highest BCUT2D eigenvalue weighted by Crippen LogP contribution is 2.44. The van der Waals surface area contributed by atoms with Crippen LogP contribution >= 0.6 is 0 Å². The molecule has 0 spiro atoms. The molecule has 0 aliphatic heterocycles. The lowest BCUT2D eigenvalue weighted by Crippen LogP contribution is -2.29. The Labute approximate surface area is 109 Å². The number of benzene rings is 1. The Bertz CT molecular complexity index is 507. The summed E-state index contributed by atoms with van der Waals surface area (Å²) in [6.45, 7) is 2.51. The Morgan fingerprint density at radius 2 is 2.05 bits per heavy atom. The summed E-state index contributed by atoms with van der Waals surface area (Å²) in [6.07, 6.45) is -2.49. The largest absolute Gasteiger partial charge is 0.418 e. The quantitative estimate of drug-likeness (QED) is 0.831. The maximum Gasteiger partial charge on any atom is 0.418 e. The van der Waals surface area contributed by atoms with Gasteiger partial charge in [0, 0.05) is 17.8 Å². The van der Waals surface area contributed by atoms with Crippen LogP contribution in [0.3, 0.4) is 0 Å². The Morgan fingerprint density at radius 1 is 1.42 bits per heavy atom. The van der Waals surface area contributed by atoms with Crippen molar-refractivity contribution < 1.29 is 18.0 Å². The predicted molar refractivity (Wildman–Crippen MR) is 65.5 cm³/mol. The van der Waals surface area contributed by atoms with Crippen LogP contribution in [0.5, 0.6) is 0 Å². The van der Waals surface area contributed by atoms with Crippen molar-refractivity contribution >= 4 is 11.6 Å². The molecule has 6 heteroatoms. The van der Waals surface area contributed by atoms with Crippen LogP contribution in [0.1, 0.15) is 35.7 Å². The van der Waals surface area contributed by atoms with Crippen LogP contribution in [0.2, 0.25) is 0 Å². The maximum absolute atomic E-state index is 12.7. The fourth-order valence-electron chi connectivity index (χ4n) is 1.73. The van der Waals surface area contributed by atoms with Gasteiger partial charge in [-0.2, -0.15) is 13.2 Å². The van der Waals surface area contributed by atoms with Crippen molar-refractivity contribution in [3.05, 3.63) is 29.3 Å². The van der Waals surface area contributed by atoms with E-state index in [0.29, 0.717) is 6.54 Å². The van der Waals surface area contributed by atoms with E-state index < -0.39 is 17.6 Å². The first kappa shape index (κ1) is 13.7. The number of alkyl halides is 3. The molecule has 0 bridgehead atoms. The van der Waals surface area contributed by atoms with Crippen molar-refractivity contribution in [3.8, 4) is 0 Å². The molecule has 1 amide bonds. The number of nitrogens with two attached hydrogens (primary N) is 1. The number of carbonyl (C=O) groups is 1. The highest BCUT2D eigenvalue weighted by molar-refractivity contribution is 5.95. The summed E-state index contributed by atoms with van der Waals surface area (Å²) in [4.78, 5) is 11.8. The highest BCUT2D eigenvalue weighted by atomic mass is 19.4. The van der Waals surface area contributed by atoms with Crippen LogP contribution in [0.15, 0.2) is 18.2 Å². The molecule has 1 fully saturated rings. The summed E-state index contributed by atoms with van der Waals surface area (Å²) in [5.74, 6) is -0.501. The molecule has 1 saturated carbocycles. The Balaban J connectivity index is 2.13. The number of rotatable bonds is 3. The second kappa shape index (κ2) is 4.43. The standard InChI is InChI=1S/C13H15F3N2O/c1-12(4-5-12)7-18-11(19)8-2-3-10(17)9(6-8)13(14,15)16/h2-3,6H,4-5,7,17H2,1H3,(H,18,19). The second-order valence-corrected chi connectivity index (χ2v) is 5.29. The van der Waals surface area contributed by atoms with E-state index in [2.05, 4.69) is 5.32 Å². The summed E-state index contributed by atoms with van der Waals surface area (Å²) < 4.78 is 38.0. The molecule has 3 N–H and O–H groups in total. The number of hydrogen-bond acceptors (Lipinski definition) is 2. The van der Waals surface area contributed by atoms with Crippen LogP contribution in [-0.2, 0) is 6.18 Å². The smallest absolute Gasteiger partial charge is 0.398 e. The molecule has 1 aromatic carbocycles. The van der Waals surface area contributed by atoms with Crippen LogP contribution in [0.25, 0.3) is 0 Å². The SMILES string of the molecule is CC1(CNC(=O)c2ccc(N)c(C(F)(F)F)c2)CC1. The zero-order valence-corrected chi connectivity index (χ0v) is 10.5. The van der Waals surface area contributed by atoms with Gasteiger partial charge < -0.3 is 11.1 Å². The molecule has 0 aromatic heterocycles. The lowest BCUT2D eigenvalue weighted by Gasteiger charge is -2.13. The molecule has 0 atom stereocenters. The molecule has 2 rings (SSSR count). The van der Waals surface area contributed by atoms with Crippen LogP contribution < -0.4 is 11.1 Å². The molecule has 1 aliphatic carbocycles. The van der Waals surface area contributed by atoms with Crippen molar-refractivity contribution in [3.63, 3.8) is 0 Å². The zero-order valence-electron chi connectivity index (χ0n) is 10.5. The summed E-state index contributed by atoms with van der Waals surface area (Å²) in [5.41, 5.74) is 4.01. The van der Waals surface area contributed by atoms with Crippen molar-refractivity contribution in [1.29, 1.82) is 0 Å². The molecule has 0 unspecified atom stereocenters. The molecule has 3 nitrogen and oxygen atoms in total. The minimum absolute atomic E-state index is 0.0224. The van der Waals surface area contributed by atoms with Gasteiger partial charge in [0.15, 0.2) is 0 Å². The van der Waals surface area contributed by atoms with Crippen molar-refractivity contribution in [2.75, 3.05) is 12.3 Å². The topological polar surface area (TPSA) is 55.1 Å². The summed E-state index contributed by atoms with van der Waals surface area (Å²) >= 11 is 0. The summed E-state index contributed by atoms with van der Waals surface area (Å²) in [5, 5.41) is 2.65. The molecule has 1 aliphatic rings. The molecule has 1 aromatic rings. The maximum atomic E-state index is 12.7. The highest BCUT2D eigenvalue weighted by Gasteiger charge is 2.37. The minimum Gasteiger partial charge on any atom is -0.398 e. The number of anilines is 1. The van der Waals surface area contributed by atoms with E-state index in [4.69, 9.17) is 5.73 Å². The monoisotopic (exact) mass is 272 g/mol. The third-order valence-corrected chi connectivity index (χ3v) is 3.40. The number of halogens is 3. The van der Waals surface area contributed by atoms with E-state index in [-0.39, 0.29) is 16.7 Å². The molecule has 19 heavy (non-hydrogen) atoms. The van der Waals surface area contributed by atoms with Gasteiger partial charge >= 0.3 is 6.18 Å². The lowest BCUT2D eigenvalue weighted by molar-refractivity contribution is -0.136. The average Bonchev–Trinajstić information content (AvgIpc) is 3.04. The van der Waals surface area contributed by atoms with E-state index in [0.717, 1.165) is 25.0 Å². The number of amides is 1. The fourth-order valence-corrected chi connectivity index (χ4v) is 1.73. The van der Waals surface area contributed by atoms with Gasteiger partial charge in [0.1, 0.15) is 0 Å². The first-order valence-electron chi connectivity index (χ1n) is 5.96. The van der Waals surface area contributed by atoms with E-state index in [1.807, 2.05) is 6.92 Å². The van der Waals surface area contributed by atoms with Gasteiger partial charge in [-0.25, -0.2) is 0 Å². The van der Waals surface area contributed by atoms with Gasteiger partial charge in [-0.15, -0.1) is 0 Å². The van der Waals surface area contributed by atoms with Gasteiger partial charge in [-0.05, 0) is 36.5 Å². The molecular formula is C13H15F3N2O. The normalized spacial score (nSPS) is 17.1. The fraction of sp³-hybridized carbons (Fsp3) is 0.462.